The fraction of sp³-hybridized carbons (Fsp3) is 1.00. The second kappa shape index (κ2) is 2.62. The molecule has 0 unspecified atom stereocenters. The molecular weight excluding hydrogens is 122 g/mol. The van der Waals surface area contributed by atoms with Crippen LogP contribution >= 0.6 is 0 Å². The number of hydrogen-bond donors (Lipinski definition) is 3. The fourth-order valence-electron chi connectivity index (χ4n) is 0.868. The van der Waals surface area contributed by atoms with Gasteiger partial charge in [0.05, 0.1) is 25.4 Å². The molecule has 1 aliphatic rings. The van der Waals surface area contributed by atoms with E-state index in [0.29, 0.717) is 6.61 Å². The van der Waals surface area contributed by atoms with E-state index in [1.807, 2.05) is 0 Å². The van der Waals surface area contributed by atoms with Crippen LogP contribution in [0.25, 0.3) is 0 Å². The maximum Gasteiger partial charge on any atom is 0.108 e. The van der Waals surface area contributed by atoms with Crippen molar-refractivity contribution in [2.24, 2.45) is 5.73 Å². The summed E-state index contributed by atoms with van der Waals surface area (Å²) in [4.78, 5) is 0. The van der Waals surface area contributed by atoms with Gasteiger partial charge in [0.25, 0.3) is 0 Å². The molecule has 0 aromatic rings. The maximum absolute atomic E-state index is 9.05. The summed E-state index contributed by atoms with van der Waals surface area (Å²) in [6, 6.07) is -0.331. The number of hydrogen-bond acceptors (Lipinski definition) is 4. The molecule has 4 N–H and O–H groups in total. The van der Waals surface area contributed by atoms with Crippen molar-refractivity contribution in [3.8, 4) is 0 Å². The summed E-state index contributed by atoms with van der Waals surface area (Å²) in [5.74, 6) is 0. The summed E-state index contributed by atoms with van der Waals surface area (Å²) < 4.78 is 4.90. The van der Waals surface area contributed by atoms with Crippen LogP contribution in [-0.4, -0.2) is 41.7 Å². The minimum atomic E-state index is -0.699. The summed E-state index contributed by atoms with van der Waals surface area (Å²) in [5.41, 5.74) is 5.36. The molecule has 4 heteroatoms. The zero-order valence-corrected chi connectivity index (χ0v) is 5.03. The van der Waals surface area contributed by atoms with Gasteiger partial charge in [0.2, 0.25) is 0 Å². The van der Waals surface area contributed by atoms with Crippen molar-refractivity contribution in [2.75, 3.05) is 13.2 Å². The lowest BCUT2D eigenvalue weighted by Gasteiger charge is -2.10. The van der Waals surface area contributed by atoms with Crippen LogP contribution in [0, 0.1) is 0 Å². The summed E-state index contributed by atoms with van der Waals surface area (Å²) >= 11 is 0. The van der Waals surface area contributed by atoms with Crippen molar-refractivity contribution in [1.29, 1.82) is 0 Å². The standard InChI is InChI=1S/C5H11NO3/c6-3-2-9-4(1-7)5(3)8/h3-5,7-8H,1-2,6H2/t3-,4-,5+/m0/s1. The van der Waals surface area contributed by atoms with Gasteiger partial charge in [0, 0.05) is 0 Å². The summed E-state index contributed by atoms with van der Waals surface area (Å²) in [6.45, 7) is 0.182. The van der Waals surface area contributed by atoms with E-state index < -0.39 is 12.2 Å². The van der Waals surface area contributed by atoms with E-state index in [4.69, 9.17) is 20.7 Å². The van der Waals surface area contributed by atoms with E-state index in [-0.39, 0.29) is 12.6 Å². The number of nitrogens with two attached hydrogens (primary N) is 1. The van der Waals surface area contributed by atoms with E-state index in [1.54, 1.807) is 0 Å². The van der Waals surface area contributed by atoms with Crippen LogP contribution in [0.4, 0.5) is 0 Å². The van der Waals surface area contributed by atoms with E-state index in [1.165, 1.54) is 0 Å². The van der Waals surface area contributed by atoms with Crippen molar-refractivity contribution in [1.82, 2.24) is 0 Å². The highest BCUT2D eigenvalue weighted by molar-refractivity contribution is 4.85. The number of ether oxygens (including phenoxy) is 1. The Morgan fingerprint density at radius 1 is 1.67 bits per heavy atom. The number of rotatable bonds is 1. The smallest absolute Gasteiger partial charge is 0.108 e. The lowest BCUT2D eigenvalue weighted by Crippen LogP contribution is -2.37. The lowest BCUT2D eigenvalue weighted by molar-refractivity contribution is 0.00336. The first-order valence-electron chi connectivity index (χ1n) is 2.92. The van der Waals surface area contributed by atoms with E-state index in [2.05, 4.69) is 0 Å². The molecule has 1 heterocycles. The number of aliphatic hydroxyl groups excluding tert-OH is 2. The van der Waals surface area contributed by atoms with Crippen molar-refractivity contribution in [3.63, 3.8) is 0 Å². The molecule has 4 nitrogen and oxygen atoms in total. The molecule has 1 fully saturated rings. The minimum Gasteiger partial charge on any atom is -0.394 e. The van der Waals surface area contributed by atoms with E-state index >= 15 is 0 Å². The highest BCUT2D eigenvalue weighted by Crippen LogP contribution is 2.10. The van der Waals surface area contributed by atoms with Gasteiger partial charge in [-0.3, -0.25) is 0 Å². The van der Waals surface area contributed by atoms with Crippen molar-refractivity contribution < 1.29 is 14.9 Å². The van der Waals surface area contributed by atoms with Gasteiger partial charge in [-0.15, -0.1) is 0 Å². The molecule has 3 atom stereocenters. The molecule has 0 saturated carbocycles. The van der Waals surface area contributed by atoms with Crippen LogP contribution in [0.15, 0.2) is 0 Å². The Morgan fingerprint density at radius 2 is 2.33 bits per heavy atom. The molecule has 0 aromatic carbocycles. The van der Waals surface area contributed by atoms with Gasteiger partial charge in [-0.25, -0.2) is 0 Å². The van der Waals surface area contributed by atoms with Gasteiger partial charge in [0.1, 0.15) is 6.10 Å². The maximum atomic E-state index is 9.05. The molecule has 1 saturated heterocycles. The molecule has 0 radical (unpaired) electrons. The van der Waals surface area contributed by atoms with Gasteiger partial charge in [0.15, 0.2) is 0 Å². The predicted molar refractivity (Wildman–Crippen MR) is 30.8 cm³/mol. The van der Waals surface area contributed by atoms with E-state index in [9.17, 15) is 0 Å². The Bertz CT molecular complexity index is 98.2. The molecule has 1 rings (SSSR count). The van der Waals surface area contributed by atoms with Crippen LogP contribution in [0.2, 0.25) is 0 Å². The van der Waals surface area contributed by atoms with E-state index in [0.717, 1.165) is 0 Å². The Balaban J connectivity index is 2.41. The van der Waals surface area contributed by atoms with Gasteiger partial charge >= 0.3 is 0 Å². The largest absolute Gasteiger partial charge is 0.394 e. The van der Waals surface area contributed by atoms with Gasteiger partial charge in [-0.05, 0) is 0 Å². The van der Waals surface area contributed by atoms with Crippen molar-refractivity contribution >= 4 is 0 Å². The van der Waals surface area contributed by atoms with Gasteiger partial charge in [-0.1, -0.05) is 0 Å². The molecule has 0 aliphatic carbocycles. The monoisotopic (exact) mass is 133 g/mol. The summed E-state index contributed by atoms with van der Waals surface area (Å²) in [6.07, 6.45) is -1.17. The first-order valence-corrected chi connectivity index (χ1v) is 2.92. The third-order valence-corrected chi connectivity index (χ3v) is 1.50. The molecule has 9 heavy (non-hydrogen) atoms. The SMILES string of the molecule is N[C@H]1CO[C@@H](CO)[C@@H]1O. The Labute approximate surface area is 53.2 Å². The fourth-order valence-corrected chi connectivity index (χ4v) is 0.868. The highest BCUT2D eigenvalue weighted by Gasteiger charge is 2.32. The Kier molecular flexibility index (Phi) is 2.02. The molecular formula is C5H11NO3. The average molecular weight is 133 g/mol. The Hall–Kier alpha value is -0.160. The topological polar surface area (TPSA) is 75.7 Å². The first kappa shape index (κ1) is 6.95. The van der Waals surface area contributed by atoms with Gasteiger partial charge in [-0.2, -0.15) is 0 Å². The zero-order valence-electron chi connectivity index (χ0n) is 5.03. The summed E-state index contributed by atoms with van der Waals surface area (Å²) in [5, 5.41) is 17.6. The number of aliphatic hydroxyl groups is 2. The second-order valence-corrected chi connectivity index (χ2v) is 2.21. The minimum absolute atomic E-state index is 0.158. The molecule has 0 bridgehead atoms. The molecule has 0 aromatic heterocycles. The van der Waals surface area contributed by atoms with Crippen molar-refractivity contribution in [3.05, 3.63) is 0 Å². The first-order chi connectivity index (χ1) is 4.25. The van der Waals surface area contributed by atoms with Crippen LogP contribution in [0.1, 0.15) is 0 Å². The second-order valence-electron chi connectivity index (χ2n) is 2.21. The third-order valence-electron chi connectivity index (χ3n) is 1.50. The third kappa shape index (κ3) is 1.21. The normalized spacial score (nSPS) is 43.7. The molecule has 54 valence electrons. The van der Waals surface area contributed by atoms with Crippen LogP contribution in [0.3, 0.4) is 0 Å². The Morgan fingerprint density at radius 3 is 2.56 bits per heavy atom. The van der Waals surface area contributed by atoms with Crippen molar-refractivity contribution in [2.45, 2.75) is 18.2 Å². The van der Waals surface area contributed by atoms with Crippen LogP contribution in [-0.2, 0) is 4.74 Å². The average Bonchev–Trinajstić information content (AvgIpc) is 2.15. The highest BCUT2D eigenvalue weighted by atomic mass is 16.5. The van der Waals surface area contributed by atoms with Crippen LogP contribution in [0.5, 0.6) is 0 Å². The molecule has 0 amide bonds. The quantitative estimate of drug-likeness (QED) is 0.389. The molecule has 1 aliphatic heterocycles. The van der Waals surface area contributed by atoms with Crippen LogP contribution < -0.4 is 5.73 Å². The predicted octanol–water partition coefficient (Wildman–Crippen LogP) is -1.93. The lowest BCUT2D eigenvalue weighted by atomic mass is 10.1. The summed E-state index contributed by atoms with van der Waals surface area (Å²) in [7, 11) is 0. The van der Waals surface area contributed by atoms with Gasteiger partial charge < -0.3 is 20.7 Å². The zero-order chi connectivity index (χ0) is 6.85. The molecule has 0 spiro atoms.